The molecule has 0 saturated heterocycles. The minimum atomic E-state index is 0.584. The molecule has 0 fully saturated rings. The quantitative estimate of drug-likeness (QED) is 0.661. The molecule has 0 aliphatic rings. The molecule has 0 radical (unpaired) electrons. The van der Waals surface area contributed by atoms with Gasteiger partial charge in [-0.05, 0) is 0 Å². The summed E-state index contributed by atoms with van der Waals surface area (Å²) < 4.78 is 0. The number of aryl methyl sites for hydroxylation is 1. The van der Waals surface area contributed by atoms with E-state index in [1.54, 1.807) is 6.20 Å². The van der Waals surface area contributed by atoms with Crippen LogP contribution in [0, 0.1) is 0 Å². The van der Waals surface area contributed by atoms with E-state index in [4.69, 9.17) is 0 Å². The van der Waals surface area contributed by atoms with E-state index in [1.807, 2.05) is 6.92 Å². The molecule has 0 aliphatic heterocycles. The summed E-state index contributed by atoms with van der Waals surface area (Å²) >= 11 is 0. The van der Waals surface area contributed by atoms with Gasteiger partial charge < -0.3 is 0 Å². The zero-order valence-electron chi connectivity index (χ0n) is 6.57. The molecule has 6 nitrogen and oxygen atoms in total. The average Bonchev–Trinajstić information content (AvgIpc) is 2.75. The van der Waals surface area contributed by atoms with Crippen LogP contribution in [-0.2, 0) is 6.42 Å². The molecule has 0 unspecified atom stereocenters. The third-order valence-electron chi connectivity index (χ3n) is 1.51. The first-order valence-corrected chi connectivity index (χ1v) is 3.67. The molecule has 2 rings (SSSR count). The summed E-state index contributed by atoms with van der Waals surface area (Å²) in [6, 6.07) is 0. The van der Waals surface area contributed by atoms with Gasteiger partial charge in [-0.25, -0.2) is 4.98 Å². The van der Waals surface area contributed by atoms with Crippen LogP contribution in [0.5, 0.6) is 0 Å². The van der Waals surface area contributed by atoms with Crippen molar-refractivity contribution in [3.05, 3.63) is 12.0 Å². The monoisotopic (exact) mass is 164 g/mol. The Balaban J connectivity index is 2.35. The standard InChI is InChI=1S/C6H8N6/c1-2-5-8-6(11-10-5)4-3-7-12-9-4/h3H,2H2,1H3,(H,7,9,12)(H,8,10,11). The van der Waals surface area contributed by atoms with Crippen LogP contribution in [0.4, 0.5) is 0 Å². The van der Waals surface area contributed by atoms with Gasteiger partial charge in [0.25, 0.3) is 0 Å². The normalized spacial score (nSPS) is 10.4. The molecular weight excluding hydrogens is 156 g/mol. The molecule has 6 heteroatoms. The van der Waals surface area contributed by atoms with Crippen LogP contribution < -0.4 is 0 Å². The summed E-state index contributed by atoms with van der Waals surface area (Å²) in [7, 11) is 0. The zero-order valence-corrected chi connectivity index (χ0v) is 6.57. The smallest absolute Gasteiger partial charge is 0.203 e. The fourth-order valence-electron chi connectivity index (χ4n) is 0.877. The molecular formula is C6H8N6. The second kappa shape index (κ2) is 2.72. The van der Waals surface area contributed by atoms with Crippen LogP contribution in [0.1, 0.15) is 12.7 Å². The molecule has 0 bridgehead atoms. The van der Waals surface area contributed by atoms with Crippen molar-refractivity contribution < 1.29 is 0 Å². The summed E-state index contributed by atoms with van der Waals surface area (Å²) in [6.45, 7) is 2.01. The number of nitrogens with one attached hydrogen (secondary N) is 2. The maximum Gasteiger partial charge on any atom is 0.203 e. The first-order valence-electron chi connectivity index (χ1n) is 3.67. The van der Waals surface area contributed by atoms with Gasteiger partial charge in [0.2, 0.25) is 5.82 Å². The number of nitrogens with zero attached hydrogens (tertiary/aromatic N) is 4. The van der Waals surface area contributed by atoms with E-state index in [9.17, 15) is 0 Å². The zero-order chi connectivity index (χ0) is 8.39. The highest BCUT2D eigenvalue weighted by Gasteiger charge is 2.06. The van der Waals surface area contributed by atoms with Crippen LogP contribution in [0.2, 0.25) is 0 Å². The van der Waals surface area contributed by atoms with Gasteiger partial charge in [0.15, 0.2) is 5.69 Å². The molecule has 2 aromatic rings. The van der Waals surface area contributed by atoms with Crippen molar-refractivity contribution in [3.8, 4) is 11.5 Å². The predicted octanol–water partition coefficient (Wildman–Crippen LogP) is 0.152. The highest BCUT2D eigenvalue weighted by atomic mass is 15.3. The average molecular weight is 164 g/mol. The van der Waals surface area contributed by atoms with E-state index in [1.165, 1.54) is 0 Å². The van der Waals surface area contributed by atoms with Crippen molar-refractivity contribution in [2.75, 3.05) is 0 Å². The molecule has 0 saturated carbocycles. The molecule has 0 aromatic carbocycles. The number of rotatable bonds is 2. The summed E-state index contributed by atoms with van der Waals surface area (Å²) in [6.07, 6.45) is 2.42. The van der Waals surface area contributed by atoms with Gasteiger partial charge in [-0.1, -0.05) is 6.92 Å². The number of hydrogen-bond acceptors (Lipinski definition) is 4. The van der Waals surface area contributed by atoms with Gasteiger partial charge in [0, 0.05) is 6.42 Å². The maximum atomic E-state index is 4.18. The Morgan fingerprint density at radius 2 is 2.33 bits per heavy atom. The van der Waals surface area contributed by atoms with E-state index in [0.29, 0.717) is 11.5 Å². The summed E-state index contributed by atoms with van der Waals surface area (Å²) in [5.74, 6) is 1.44. The minimum Gasteiger partial charge on any atom is -0.263 e. The van der Waals surface area contributed by atoms with Crippen molar-refractivity contribution in [2.45, 2.75) is 13.3 Å². The first kappa shape index (κ1) is 6.96. The van der Waals surface area contributed by atoms with Crippen molar-refractivity contribution in [1.82, 2.24) is 30.6 Å². The Morgan fingerprint density at radius 1 is 1.42 bits per heavy atom. The van der Waals surface area contributed by atoms with Crippen LogP contribution in [-0.4, -0.2) is 30.6 Å². The van der Waals surface area contributed by atoms with E-state index in [2.05, 4.69) is 30.6 Å². The van der Waals surface area contributed by atoms with Crippen molar-refractivity contribution in [3.63, 3.8) is 0 Å². The lowest BCUT2D eigenvalue weighted by Gasteiger charge is -1.81. The Bertz CT molecular complexity index is 348. The lowest BCUT2D eigenvalue weighted by Crippen LogP contribution is -1.82. The van der Waals surface area contributed by atoms with Gasteiger partial charge in [-0.15, -0.1) is 0 Å². The third-order valence-corrected chi connectivity index (χ3v) is 1.51. The number of H-pyrrole nitrogens is 2. The Labute approximate surface area is 68.4 Å². The number of aromatic amines is 2. The van der Waals surface area contributed by atoms with Crippen LogP contribution in [0.3, 0.4) is 0 Å². The van der Waals surface area contributed by atoms with Gasteiger partial charge in [-0.2, -0.15) is 20.5 Å². The number of hydrogen-bond donors (Lipinski definition) is 2. The van der Waals surface area contributed by atoms with Gasteiger partial charge >= 0.3 is 0 Å². The van der Waals surface area contributed by atoms with Gasteiger partial charge in [0.05, 0.1) is 6.20 Å². The molecule has 2 aromatic heterocycles. The second-order valence-electron chi connectivity index (χ2n) is 2.31. The SMILES string of the molecule is CCc1nc(-c2cn[nH]n2)n[nH]1. The van der Waals surface area contributed by atoms with Crippen LogP contribution >= 0.6 is 0 Å². The Morgan fingerprint density at radius 3 is 2.92 bits per heavy atom. The topological polar surface area (TPSA) is 83.1 Å². The molecule has 2 N–H and O–H groups in total. The molecule has 2 heterocycles. The minimum absolute atomic E-state index is 0.584. The van der Waals surface area contributed by atoms with Crippen LogP contribution in [0.15, 0.2) is 6.20 Å². The largest absolute Gasteiger partial charge is 0.263 e. The fraction of sp³-hybridized carbons (Fsp3) is 0.333. The molecule has 0 amide bonds. The second-order valence-corrected chi connectivity index (χ2v) is 2.31. The van der Waals surface area contributed by atoms with E-state index in [0.717, 1.165) is 12.2 Å². The molecule has 12 heavy (non-hydrogen) atoms. The lowest BCUT2D eigenvalue weighted by atomic mass is 10.4. The fourth-order valence-corrected chi connectivity index (χ4v) is 0.877. The molecule has 62 valence electrons. The first-order chi connectivity index (χ1) is 5.90. The van der Waals surface area contributed by atoms with Crippen molar-refractivity contribution in [2.24, 2.45) is 0 Å². The highest BCUT2D eigenvalue weighted by molar-refractivity contribution is 5.45. The van der Waals surface area contributed by atoms with Crippen LogP contribution in [0.25, 0.3) is 11.5 Å². The molecule has 0 aliphatic carbocycles. The molecule has 0 spiro atoms. The summed E-state index contributed by atoms with van der Waals surface area (Å²) in [5, 5.41) is 16.8. The van der Waals surface area contributed by atoms with E-state index in [-0.39, 0.29) is 0 Å². The summed E-state index contributed by atoms with van der Waals surface area (Å²) in [5.41, 5.74) is 0.658. The Hall–Kier alpha value is -1.72. The predicted molar refractivity (Wildman–Crippen MR) is 41.1 cm³/mol. The maximum absolute atomic E-state index is 4.18. The van der Waals surface area contributed by atoms with E-state index < -0.39 is 0 Å². The Kier molecular flexibility index (Phi) is 1.58. The van der Waals surface area contributed by atoms with Crippen molar-refractivity contribution >= 4 is 0 Å². The van der Waals surface area contributed by atoms with Gasteiger partial charge in [-0.3, -0.25) is 5.10 Å². The van der Waals surface area contributed by atoms with Gasteiger partial charge in [0.1, 0.15) is 5.82 Å². The van der Waals surface area contributed by atoms with Crippen molar-refractivity contribution in [1.29, 1.82) is 0 Å². The lowest BCUT2D eigenvalue weighted by molar-refractivity contribution is 0.938. The highest BCUT2D eigenvalue weighted by Crippen LogP contribution is 2.07. The van der Waals surface area contributed by atoms with E-state index >= 15 is 0 Å². The number of aromatic nitrogens is 6. The summed E-state index contributed by atoms with van der Waals surface area (Å²) in [4.78, 5) is 4.18. The third kappa shape index (κ3) is 1.07. The molecule has 0 atom stereocenters.